The lowest BCUT2D eigenvalue weighted by molar-refractivity contribution is -0.349. The minimum Gasteiger partial charge on any atom is -0.447 e. The molecule has 4 unspecified atom stereocenters. The molecule has 28 heavy (non-hydrogen) atoms. The Morgan fingerprint density at radius 3 is 2.50 bits per heavy atom. The number of hydrogen-bond acceptors (Lipinski definition) is 6. The molecule has 1 aromatic carbocycles. The molecule has 0 radical (unpaired) electrons. The van der Waals surface area contributed by atoms with Gasteiger partial charge in [-0.2, -0.15) is 15.8 Å². The molecule has 6 heteroatoms. The highest BCUT2D eigenvalue weighted by Gasteiger charge is 2.80. The average Bonchev–Trinajstić information content (AvgIpc) is 2.72. The van der Waals surface area contributed by atoms with Crippen molar-refractivity contribution >= 4 is 12.0 Å². The van der Waals surface area contributed by atoms with Gasteiger partial charge in [0.2, 0.25) is 11.7 Å². The Morgan fingerprint density at radius 2 is 1.86 bits per heavy atom. The van der Waals surface area contributed by atoms with E-state index in [-0.39, 0.29) is 5.90 Å². The van der Waals surface area contributed by atoms with Crippen molar-refractivity contribution in [1.82, 2.24) is 0 Å². The highest BCUT2D eigenvalue weighted by Crippen LogP contribution is 2.66. The average molecular weight is 372 g/mol. The normalized spacial score (nSPS) is 35.6. The lowest BCUT2D eigenvalue weighted by atomic mass is 9.48. The number of nitrogens with zero attached hydrogens (tertiary/aromatic N) is 3. The van der Waals surface area contributed by atoms with Gasteiger partial charge in [-0.1, -0.05) is 42.8 Å². The summed E-state index contributed by atoms with van der Waals surface area (Å²) in [4.78, 5) is 0. The van der Waals surface area contributed by atoms with Crippen molar-refractivity contribution < 1.29 is 9.47 Å². The van der Waals surface area contributed by atoms with Crippen LogP contribution >= 0.6 is 0 Å². The Morgan fingerprint density at radius 1 is 1.14 bits per heavy atom. The number of hydrogen-bond donors (Lipinski definition) is 1. The number of benzene rings is 1. The molecule has 140 valence electrons. The van der Waals surface area contributed by atoms with Crippen LogP contribution in [0, 0.1) is 56.2 Å². The molecule has 1 aliphatic carbocycles. The zero-order valence-electron chi connectivity index (χ0n) is 15.6. The van der Waals surface area contributed by atoms with E-state index in [9.17, 15) is 15.8 Å². The van der Waals surface area contributed by atoms with Gasteiger partial charge in [-0.15, -0.1) is 0 Å². The summed E-state index contributed by atoms with van der Waals surface area (Å²) in [5.41, 5.74) is -1.87. The summed E-state index contributed by atoms with van der Waals surface area (Å²) in [5.74, 6) is -2.08. The van der Waals surface area contributed by atoms with Crippen LogP contribution in [0.25, 0.3) is 6.08 Å². The fraction of sp³-hybridized carbons (Fsp3) is 0.455. The van der Waals surface area contributed by atoms with Gasteiger partial charge in [-0.25, -0.2) is 0 Å². The molecule has 0 amide bonds. The lowest BCUT2D eigenvalue weighted by Crippen LogP contribution is -2.76. The third-order valence-corrected chi connectivity index (χ3v) is 6.42. The topological polar surface area (TPSA) is 114 Å². The predicted octanol–water partition coefficient (Wildman–Crippen LogP) is 3.93. The van der Waals surface area contributed by atoms with E-state index in [1.165, 1.54) is 0 Å². The third kappa shape index (κ3) is 2.06. The van der Waals surface area contributed by atoms with E-state index in [4.69, 9.17) is 14.9 Å². The van der Waals surface area contributed by atoms with E-state index in [0.717, 1.165) is 18.4 Å². The summed E-state index contributed by atoms with van der Waals surface area (Å²) in [7, 11) is 0. The maximum absolute atomic E-state index is 10.2. The van der Waals surface area contributed by atoms with Gasteiger partial charge in [0.25, 0.3) is 0 Å². The van der Waals surface area contributed by atoms with Crippen LogP contribution in [0.5, 0.6) is 0 Å². The van der Waals surface area contributed by atoms with Crippen LogP contribution in [0.3, 0.4) is 0 Å². The number of rotatable bonds is 2. The maximum Gasteiger partial charge on any atom is 0.218 e. The summed E-state index contributed by atoms with van der Waals surface area (Å²) >= 11 is 0. The number of nitrogens with one attached hydrogen (secondary N) is 1. The first-order valence-corrected chi connectivity index (χ1v) is 9.42. The van der Waals surface area contributed by atoms with Crippen LogP contribution in [0.15, 0.2) is 35.9 Å². The molecule has 4 aliphatic rings. The van der Waals surface area contributed by atoms with Crippen LogP contribution in [0.2, 0.25) is 0 Å². The molecular weight excluding hydrogens is 352 g/mol. The molecular formula is C22H20N4O2. The van der Waals surface area contributed by atoms with E-state index in [1.807, 2.05) is 43.3 Å². The Kier molecular flexibility index (Phi) is 4.03. The van der Waals surface area contributed by atoms with Gasteiger partial charge in [-0.05, 0) is 30.9 Å². The van der Waals surface area contributed by atoms with E-state index in [2.05, 4.69) is 18.2 Å². The molecule has 3 aliphatic heterocycles. The SMILES string of the molecule is CC(=Cc1ccccc1)C1OC23CCCCC2C(C#N)(C#N)C1(C#N)C(=N)O3. The van der Waals surface area contributed by atoms with Gasteiger partial charge in [0, 0.05) is 6.42 Å². The molecule has 2 bridgehead atoms. The second-order valence-corrected chi connectivity index (χ2v) is 7.79. The molecule has 1 N–H and O–H groups in total. The summed E-state index contributed by atoms with van der Waals surface area (Å²) in [6, 6.07) is 16.0. The zero-order valence-corrected chi connectivity index (χ0v) is 15.6. The Labute approximate surface area is 164 Å². The van der Waals surface area contributed by atoms with Crippen LogP contribution in [-0.2, 0) is 9.47 Å². The Bertz CT molecular complexity index is 967. The molecule has 4 fully saturated rings. The van der Waals surface area contributed by atoms with Crippen LogP contribution in [0.4, 0.5) is 0 Å². The van der Waals surface area contributed by atoms with E-state index in [0.29, 0.717) is 18.4 Å². The van der Waals surface area contributed by atoms with Gasteiger partial charge >= 0.3 is 0 Å². The van der Waals surface area contributed by atoms with Gasteiger partial charge < -0.3 is 9.47 Å². The van der Waals surface area contributed by atoms with Gasteiger partial charge in [0.15, 0.2) is 10.8 Å². The standard InChI is InChI=1S/C22H20N4O2/c1-15(11-16-7-3-2-4-8-16)18-21(14-25)19(26)28-22(27-18)10-6-5-9-17(22)20(21,12-23)13-24/h2-4,7-8,11,17-18,26H,5-6,9-10H2,1H3. The lowest BCUT2D eigenvalue weighted by Gasteiger charge is -2.63. The van der Waals surface area contributed by atoms with Gasteiger partial charge in [0.05, 0.1) is 24.1 Å². The predicted molar refractivity (Wildman–Crippen MR) is 100 cm³/mol. The van der Waals surface area contributed by atoms with Crippen molar-refractivity contribution in [3.63, 3.8) is 0 Å². The number of fused-ring (bicyclic) bond motifs is 2. The summed E-state index contributed by atoms with van der Waals surface area (Å²) in [6.45, 7) is 1.82. The summed E-state index contributed by atoms with van der Waals surface area (Å²) in [5, 5.41) is 39.1. The second kappa shape index (κ2) is 6.20. The minimum atomic E-state index is -1.80. The zero-order chi connectivity index (χ0) is 20.0. The molecule has 4 atom stereocenters. The molecule has 1 aromatic rings. The van der Waals surface area contributed by atoms with Crippen molar-refractivity contribution in [2.45, 2.75) is 44.5 Å². The Balaban J connectivity index is 1.93. The second-order valence-electron chi connectivity index (χ2n) is 7.79. The molecule has 3 saturated heterocycles. The Hall–Kier alpha value is -3.14. The van der Waals surface area contributed by atoms with Crippen LogP contribution < -0.4 is 0 Å². The fourth-order valence-electron chi connectivity index (χ4n) is 5.15. The largest absolute Gasteiger partial charge is 0.447 e. The first-order chi connectivity index (χ1) is 13.5. The van der Waals surface area contributed by atoms with Crippen molar-refractivity contribution in [3.05, 3.63) is 41.5 Å². The minimum absolute atomic E-state index is 0.326. The molecule has 3 heterocycles. The molecule has 0 aromatic heterocycles. The first-order valence-electron chi connectivity index (χ1n) is 9.42. The molecule has 6 nitrogen and oxygen atoms in total. The van der Waals surface area contributed by atoms with E-state index < -0.39 is 28.6 Å². The quantitative estimate of drug-likeness (QED) is 0.845. The summed E-state index contributed by atoms with van der Waals surface area (Å²) < 4.78 is 12.2. The highest BCUT2D eigenvalue weighted by atomic mass is 16.7. The smallest absolute Gasteiger partial charge is 0.218 e. The van der Waals surface area contributed by atoms with Gasteiger partial charge in [0.1, 0.15) is 6.10 Å². The molecule has 5 rings (SSSR count). The van der Waals surface area contributed by atoms with Gasteiger partial charge in [-0.3, -0.25) is 5.41 Å². The van der Waals surface area contributed by atoms with Crippen LogP contribution in [0.1, 0.15) is 38.2 Å². The van der Waals surface area contributed by atoms with Crippen LogP contribution in [-0.4, -0.2) is 17.8 Å². The van der Waals surface area contributed by atoms with Crippen molar-refractivity contribution in [2.75, 3.05) is 0 Å². The monoisotopic (exact) mass is 372 g/mol. The number of nitriles is 3. The molecule has 1 saturated carbocycles. The highest BCUT2D eigenvalue weighted by molar-refractivity contribution is 5.89. The third-order valence-electron chi connectivity index (χ3n) is 6.42. The molecule has 1 spiro atoms. The maximum atomic E-state index is 10.2. The van der Waals surface area contributed by atoms with Crippen molar-refractivity contribution in [2.24, 2.45) is 16.7 Å². The first kappa shape index (κ1) is 18.2. The van der Waals surface area contributed by atoms with E-state index >= 15 is 0 Å². The fourth-order valence-corrected chi connectivity index (χ4v) is 5.15. The van der Waals surface area contributed by atoms with Crippen molar-refractivity contribution in [3.8, 4) is 18.2 Å². The van der Waals surface area contributed by atoms with Crippen molar-refractivity contribution in [1.29, 1.82) is 21.2 Å². The summed E-state index contributed by atoms with van der Waals surface area (Å²) in [6.07, 6.45) is 3.71. The number of ether oxygens (including phenoxy) is 2. The van der Waals surface area contributed by atoms with E-state index in [1.54, 1.807) is 0 Å².